The van der Waals surface area contributed by atoms with Gasteiger partial charge in [-0.25, -0.2) is 4.79 Å². The molecule has 0 fully saturated rings. The Morgan fingerprint density at radius 2 is 1.70 bits per heavy atom. The summed E-state index contributed by atoms with van der Waals surface area (Å²) in [4.78, 5) is 11.8. The number of benzene rings is 2. The third-order valence-electron chi connectivity index (χ3n) is 2.79. The van der Waals surface area contributed by atoms with E-state index in [0.29, 0.717) is 5.75 Å². The Balaban J connectivity index is 2.03. The summed E-state index contributed by atoms with van der Waals surface area (Å²) < 4.78 is 6.05. The molecule has 0 spiro atoms. The van der Waals surface area contributed by atoms with Crippen molar-refractivity contribution in [3.63, 3.8) is 0 Å². The van der Waals surface area contributed by atoms with Crippen LogP contribution in [0.5, 0.6) is 5.75 Å². The fourth-order valence-electron chi connectivity index (χ4n) is 1.67. The van der Waals surface area contributed by atoms with Gasteiger partial charge in [0.1, 0.15) is 5.75 Å². The van der Waals surface area contributed by atoms with Crippen LogP contribution in [0.15, 0.2) is 53.0 Å². The first-order valence-electron chi connectivity index (χ1n) is 6.27. The topological polar surface area (TPSA) is 26.3 Å². The van der Waals surface area contributed by atoms with Gasteiger partial charge < -0.3 is 4.74 Å². The first kappa shape index (κ1) is 14.5. The van der Waals surface area contributed by atoms with Crippen molar-refractivity contribution in [2.24, 2.45) is 0 Å². The normalized spacial score (nSPS) is 10.8. The zero-order valence-electron chi connectivity index (χ0n) is 11.4. The van der Waals surface area contributed by atoms with Crippen LogP contribution in [-0.4, -0.2) is 5.97 Å². The highest BCUT2D eigenvalue weighted by Crippen LogP contribution is 2.25. The number of carbonyl (C=O) groups is 1. The highest BCUT2D eigenvalue weighted by molar-refractivity contribution is 9.10. The van der Waals surface area contributed by atoms with Crippen LogP contribution in [0.1, 0.15) is 16.7 Å². The molecule has 0 aliphatic rings. The van der Waals surface area contributed by atoms with Crippen molar-refractivity contribution in [3.05, 3.63) is 69.7 Å². The third kappa shape index (κ3) is 4.07. The summed E-state index contributed by atoms with van der Waals surface area (Å²) in [6, 6.07) is 13.5. The number of hydrogen-bond acceptors (Lipinski definition) is 2. The minimum Gasteiger partial charge on any atom is -0.422 e. The van der Waals surface area contributed by atoms with E-state index in [2.05, 4.69) is 15.9 Å². The van der Waals surface area contributed by atoms with Gasteiger partial charge in [0, 0.05) is 6.08 Å². The molecule has 0 amide bonds. The van der Waals surface area contributed by atoms with Gasteiger partial charge in [0.15, 0.2) is 0 Å². The summed E-state index contributed by atoms with van der Waals surface area (Å²) in [6.45, 7) is 4.00. The van der Waals surface area contributed by atoms with E-state index in [1.54, 1.807) is 12.1 Å². The lowest BCUT2D eigenvalue weighted by Crippen LogP contribution is -2.04. The van der Waals surface area contributed by atoms with Gasteiger partial charge in [-0.05, 0) is 59.1 Å². The molecule has 0 aromatic heterocycles. The van der Waals surface area contributed by atoms with E-state index >= 15 is 0 Å². The first-order chi connectivity index (χ1) is 9.54. The average Bonchev–Trinajstić information content (AvgIpc) is 2.41. The van der Waals surface area contributed by atoms with Crippen LogP contribution >= 0.6 is 15.9 Å². The summed E-state index contributed by atoms with van der Waals surface area (Å²) in [6.07, 6.45) is 3.17. The Hall–Kier alpha value is -1.87. The van der Waals surface area contributed by atoms with Crippen LogP contribution < -0.4 is 4.74 Å². The van der Waals surface area contributed by atoms with Gasteiger partial charge in [-0.3, -0.25) is 0 Å². The lowest BCUT2D eigenvalue weighted by atomic mass is 10.1. The molecule has 2 aromatic rings. The molecular weight excluding hydrogens is 316 g/mol. The van der Waals surface area contributed by atoms with Gasteiger partial charge in [-0.1, -0.05) is 35.9 Å². The molecular formula is C17H15BrO2. The van der Waals surface area contributed by atoms with Crippen LogP contribution in [0.4, 0.5) is 0 Å². The van der Waals surface area contributed by atoms with Crippen molar-refractivity contribution in [2.45, 2.75) is 13.8 Å². The number of rotatable bonds is 3. The predicted molar refractivity (Wildman–Crippen MR) is 84.7 cm³/mol. The molecule has 20 heavy (non-hydrogen) atoms. The number of halogens is 1. The number of esters is 1. The molecule has 0 unspecified atom stereocenters. The minimum absolute atomic E-state index is 0.393. The molecule has 0 saturated carbocycles. The van der Waals surface area contributed by atoms with Crippen molar-refractivity contribution in [1.29, 1.82) is 0 Å². The Morgan fingerprint density at radius 1 is 1.05 bits per heavy atom. The second-order valence-corrected chi connectivity index (χ2v) is 5.45. The van der Waals surface area contributed by atoms with Crippen molar-refractivity contribution < 1.29 is 9.53 Å². The summed E-state index contributed by atoms with van der Waals surface area (Å²) in [7, 11) is 0. The molecule has 0 N–H and O–H groups in total. The maximum absolute atomic E-state index is 11.8. The van der Waals surface area contributed by atoms with Gasteiger partial charge in [0.25, 0.3) is 0 Å². The summed E-state index contributed by atoms with van der Waals surface area (Å²) in [5.41, 5.74) is 3.26. The molecule has 0 aliphatic heterocycles. The zero-order valence-corrected chi connectivity index (χ0v) is 13.0. The zero-order chi connectivity index (χ0) is 14.5. The van der Waals surface area contributed by atoms with Crippen LogP contribution in [-0.2, 0) is 4.79 Å². The van der Waals surface area contributed by atoms with E-state index in [4.69, 9.17) is 4.74 Å². The summed E-state index contributed by atoms with van der Waals surface area (Å²) in [5, 5.41) is 0. The molecule has 2 rings (SSSR count). The Kier molecular flexibility index (Phi) is 4.74. The lowest BCUT2D eigenvalue weighted by molar-refractivity contribution is -0.128. The van der Waals surface area contributed by atoms with Crippen LogP contribution in [0, 0.1) is 13.8 Å². The summed E-state index contributed by atoms with van der Waals surface area (Å²) >= 11 is 3.38. The molecule has 0 bridgehead atoms. The van der Waals surface area contributed by atoms with Gasteiger partial charge in [0.05, 0.1) is 4.47 Å². The molecule has 102 valence electrons. The van der Waals surface area contributed by atoms with E-state index in [0.717, 1.165) is 15.6 Å². The molecule has 3 heteroatoms. The van der Waals surface area contributed by atoms with Crippen molar-refractivity contribution in [2.75, 3.05) is 0 Å². The fraction of sp³-hybridized carbons (Fsp3) is 0.118. The van der Waals surface area contributed by atoms with E-state index < -0.39 is 5.97 Å². The molecule has 0 heterocycles. The van der Waals surface area contributed by atoms with Crippen LogP contribution in [0.25, 0.3) is 6.08 Å². The number of aryl methyl sites for hydroxylation is 2. The van der Waals surface area contributed by atoms with Crippen molar-refractivity contribution >= 4 is 28.0 Å². The maximum Gasteiger partial charge on any atom is 0.336 e. The molecule has 0 atom stereocenters. The Morgan fingerprint density at radius 3 is 2.35 bits per heavy atom. The number of ether oxygens (including phenoxy) is 1. The predicted octanol–water partition coefficient (Wildman–Crippen LogP) is 4.68. The third-order valence-corrected chi connectivity index (χ3v) is 3.41. The van der Waals surface area contributed by atoms with E-state index in [9.17, 15) is 4.79 Å². The Labute approximate surface area is 127 Å². The highest BCUT2D eigenvalue weighted by Gasteiger charge is 2.05. The van der Waals surface area contributed by atoms with E-state index in [1.807, 2.05) is 50.2 Å². The second-order valence-electron chi connectivity index (χ2n) is 4.60. The van der Waals surface area contributed by atoms with Crippen LogP contribution in [0.3, 0.4) is 0 Å². The van der Waals surface area contributed by atoms with Crippen molar-refractivity contribution in [1.82, 2.24) is 0 Å². The van der Waals surface area contributed by atoms with E-state index in [-0.39, 0.29) is 0 Å². The van der Waals surface area contributed by atoms with Gasteiger partial charge in [0.2, 0.25) is 0 Å². The molecule has 0 aliphatic carbocycles. The number of carbonyl (C=O) groups excluding carboxylic acids is 1. The molecule has 0 saturated heterocycles. The largest absolute Gasteiger partial charge is 0.422 e. The second kappa shape index (κ2) is 6.53. The molecule has 2 nitrogen and oxygen atoms in total. The minimum atomic E-state index is -0.393. The smallest absolute Gasteiger partial charge is 0.336 e. The maximum atomic E-state index is 11.8. The molecule has 0 radical (unpaired) electrons. The Bertz CT molecular complexity index is 643. The molecule has 2 aromatic carbocycles. The SMILES string of the molecule is Cc1ccc(/C=C/C(=O)Oc2ccc(C)cc2Br)cc1. The number of hydrogen-bond donors (Lipinski definition) is 0. The fourth-order valence-corrected chi connectivity index (χ4v) is 2.25. The van der Waals surface area contributed by atoms with Gasteiger partial charge in [-0.15, -0.1) is 0 Å². The standard InChI is InChI=1S/C17H15BrO2/c1-12-3-6-14(7-4-12)8-10-17(19)20-16-9-5-13(2)11-15(16)18/h3-11H,1-2H3/b10-8+. The quantitative estimate of drug-likeness (QED) is 0.463. The summed E-state index contributed by atoms with van der Waals surface area (Å²) in [5.74, 6) is 0.129. The van der Waals surface area contributed by atoms with E-state index in [1.165, 1.54) is 11.6 Å². The average molecular weight is 331 g/mol. The van der Waals surface area contributed by atoms with Crippen molar-refractivity contribution in [3.8, 4) is 5.75 Å². The van der Waals surface area contributed by atoms with Crippen LogP contribution in [0.2, 0.25) is 0 Å². The first-order valence-corrected chi connectivity index (χ1v) is 7.06. The lowest BCUT2D eigenvalue weighted by Gasteiger charge is -2.04. The highest BCUT2D eigenvalue weighted by atomic mass is 79.9. The van der Waals surface area contributed by atoms with Gasteiger partial charge in [-0.2, -0.15) is 0 Å². The van der Waals surface area contributed by atoms with Gasteiger partial charge >= 0.3 is 5.97 Å². The monoisotopic (exact) mass is 330 g/mol.